The molecule has 0 amide bonds. The van der Waals surface area contributed by atoms with Gasteiger partial charge in [0.25, 0.3) is 0 Å². The van der Waals surface area contributed by atoms with E-state index in [1.807, 2.05) is 17.0 Å². The van der Waals surface area contributed by atoms with Crippen LogP contribution in [0.25, 0.3) is 0 Å². The number of fused-ring (bicyclic) bond motifs is 1. The number of carboxylic acid groups (broad SMARTS) is 1. The van der Waals surface area contributed by atoms with Crippen molar-refractivity contribution >= 4 is 17.6 Å². The molecule has 2 aromatic carbocycles. The van der Waals surface area contributed by atoms with Gasteiger partial charge in [0.15, 0.2) is 0 Å². The van der Waals surface area contributed by atoms with Crippen molar-refractivity contribution in [3.8, 4) is 0 Å². The van der Waals surface area contributed by atoms with E-state index < -0.39 is 12.0 Å². The van der Waals surface area contributed by atoms with E-state index in [1.165, 1.54) is 12.1 Å². The minimum atomic E-state index is -0.845. The molecular formula is C17H15ClFNO2. The average Bonchev–Trinajstić information content (AvgIpc) is 2.48. The Bertz CT molecular complexity index is 702. The number of benzene rings is 2. The van der Waals surface area contributed by atoms with Gasteiger partial charge in [0, 0.05) is 18.1 Å². The zero-order valence-corrected chi connectivity index (χ0v) is 12.6. The SMILES string of the molecule is O=C(O)C1Cc2ccc(Cl)cc2CN1Cc1ccc(F)cc1. The predicted octanol–water partition coefficient (Wildman–Crippen LogP) is 3.49. The van der Waals surface area contributed by atoms with E-state index in [0.29, 0.717) is 24.5 Å². The first-order chi connectivity index (χ1) is 10.5. The number of aliphatic carboxylic acids is 1. The Balaban J connectivity index is 1.87. The van der Waals surface area contributed by atoms with Gasteiger partial charge in [-0.1, -0.05) is 29.8 Å². The van der Waals surface area contributed by atoms with Crippen molar-refractivity contribution in [1.82, 2.24) is 4.90 Å². The number of carboxylic acids is 1. The summed E-state index contributed by atoms with van der Waals surface area (Å²) in [6.45, 7) is 0.980. The van der Waals surface area contributed by atoms with Crippen LogP contribution in [-0.2, 0) is 24.3 Å². The first kappa shape index (κ1) is 15.0. The normalized spacial score (nSPS) is 18.0. The topological polar surface area (TPSA) is 40.5 Å². The summed E-state index contributed by atoms with van der Waals surface area (Å²) >= 11 is 6.02. The minimum absolute atomic E-state index is 0.297. The molecule has 0 bridgehead atoms. The van der Waals surface area contributed by atoms with Crippen LogP contribution in [0.2, 0.25) is 5.02 Å². The van der Waals surface area contributed by atoms with Gasteiger partial charge in [-0.05, 0) is 47.4 Å². The zero-order valence-electron chi connectivity index (χ0n) is 11.8. The van der Waals surface area contributed by atoms with Gasteiger partial charge in [-0.2, -0.15) is 0 Å². The second-order valence-corrected chi connectivity index (χ2v) is 5.94. The number of nitrogens with zero attached hydrogens (tertiary/aromatic N) is 1. The predicted molar refractivity (Wildman–Crippen MR) is 82.2 cm³/mol. The van der Waals surface area contributed by atoms with Crippen molar-refractivity contribution < 1.29 is 14.3 Å². The summed E-state index contributed by atoms with van der Waals surface area (Å²) in [5, 5.41) is 10.1. The van der Waals surface area contributed by atoms with E-state index in [2.05, 4.69) is 0 Å². The lowest BCUT2D eigenvalue weighted by Gasteiger charge is -2.34. The first-order valence-electron chi connectivity index (χ1n) is 7.01. The second-order valence-electron chi connectivity index (χ2n) is 5.50. The first-order valence-corrected chi connectivity index (χ1v) is 7.39. The van der Waals surface area contributed by atoms with Gasteiger partial charge in [0.05, 0.1) is 0 Å². The molecule has 114 valence electrons. The van der Waals surface area contributed by atoms with E-state index in [4.69, 9.17) is 11.6 Å². The van der Waals surface area contributed by atoms with Gasteiger partial charge in [-0.15, -0.1) is 0 Å². The molecule has 1 atom stereocenters. The largest absolute Gasteiger partial charge is 0.480 e. The molecule has 22 heavy (non-hydrogen) atoms. The van der Waals surface area contributed by atoms with Crippen LogP contribution in [-0.4, -0.2) is 22.0 Å². The van der Waals surface area contributed by atoms with Gasteiger partial charge in [-0.3, -0.25) is 9.69 Å². The molecule has 3 rings (SSSR count). The maximum absolute atomic E-state index is 13.0. The molecule has 0 saturated carbocycles. The maximum Gasteiger partial charge on any atom is 0.321 e. The third-order valence-electron chi connectivity index (χ3n) is 3.98. The molecule has 1 unspecified atom stereocenters. The number of rotatable bonds is 3. The molecule has 1 heterocycles. The lowest BCUT2D eigenvalue weighted by Crippen LogP contribution is -2.45. The van der Waals surface area contributed by atoms with Crippen molar-refractivity contribution in [3.63, 3.8) is 0 Å². The maximum atomic E-state index is 13.0. The van der Waals surface area contributed by atoms with Gasteiger partial charge in [0.2, 0.25) is 0 Å². The van der Waals surface area contributed by atoms with E-state index in [-0.39, 0.29) is 5.82 Å². The molecule has 0 radical (unpaired) electrons. The van der Waals surface area contributed by atoms with Crippen LogP contribution in [0.4, 0.5) is 4.39 Å². The van der Waals surface area contributed by atoms with Gasteiger partial charge < -0.3 is 5.11 Å². The van der Waals surface area contributed by atoms with Crippen LogP contribution in [0.1, 0.15) is 16.7 Å². The van der Waals surface area contributed by atoms with Gasteiger partial charge >= 0.3 is 5.97 Å². The lowest BCUT2D eigenvalue weighted by molar-refractivity contribution is -0.144. The Labute approximate surface area is 132 Å². The number of hydrogen-bond donors (Lipinski definition) is 1. The number of halogens is 2. The van der Waals surface area contributed by atoms with Crippen molar-refractivity contribution in [2.24, 2.45) is 0 Å². The van der Waals surface area contributed by atoms with Gasteiger partial charge in [-0.25, -0.2) is 4.39 Å². The molecule has 1 aliphatic rings. The highest BCUT2D eigenvalue weighted by molar-refractivity contribution is 6.30. The number of hydrogen-bond acceptors (Lipinski definition) is 2. The van der Waals surface area contributed by atoms with Crippen LogP contribution in [0, 0.1) is 5.82 Å². The quantitative estimate of drug-likeness (QED) is 0.941. The molecule has 1 N–H and O–H groups in total. The molecular weight excluding hydrogens is 305 g/mol. The van der Waals surface area contributed by atoms with Crippen LogP contribution in [0.15, 0.2) is 42.5 Å². The molecule has 1 aliphatic heterocycles. The third-order valence-corrected chi connectivity index (χ3v) is 4.21. The fraction of sp³-hybridized carbons (Fsp3) is 0.235. The standard InChI is InChI=1S/C17H15ClFNO2/c18-14-4-3-12-8-16(17(21)22)20(10-13(12)7-14)9-11-1-5-15(19)6-2-11/h1-7,16H,8-10H2,(H,21,22). The lowest BCUT2D eigenvalue weighted by atomic mass is 9.93. The molecule has 3 nitrogen and oxygen atoms in total. The monoisotopic (exact) mass is 319 g/mol. The van der Waals surface area contributed by atoms with E-state index in [1.54, 1.807) is 18.2 Å². The van der Waals surface area contributed by atoms with Crippen molar-refractivity contribution in [3.05, 3.63) is 70.0 Å². The Morgan fingerprint density at radius 3 is 2.64 bits per heavy atom. The van der Waals surface area contributed by atoms with E-state index in [0.717, 1.165) is 16.7 Å². The fourth-order valence-corrected chi connectivity index (χ4v) is 3.04. The highest BCUT2D eigenvalue weighted by Gasteiger charge is 2.31. The molecule has 0 saturated heterocycles. The number of carbonyl (C=O) groups is 1. The summed E-state index contributed by atoms with van der Waals surface area (Å²) < 4.78 is 13.0. The summed E-state index contributed by atoms with van der Waals surface area (Å²) in [6, 6.07) is 11.1. The molecule has 5 heteroatoms. The summed E-state index contributed by atoms with van der Waals surface area (Å²) in [7, 11) is 0. The molecule has 2 aromatic rings. The minimum Gasteiger partial charge on any atom is -0.480 e. The summed E-state index contributed by atoms with van der Waals surface area (Å²) in [6.07, 6.45) is 0.447. The van der Waals surface area contributed by atoms with Crippen LogP contribution < -0.4 is 0 Å². The Morgan fingerprint density at radius 2 is 1.95 bits per heavy atom. The van der Waals surface area contributed by atoms with Crippen LogP contribution in [0.5, 0.6) is 0 Å². The smallest absolute Gasteiger partial charge is 0.321 e. The van der Waals surface area contributed by atoms with Crippen LogP contribution in [0.3, 0.4) is 0 Å². The Morgan fingerprint density at radius 1 is 1.23 bits per heavy atom. The molecule has 0 aliphatic carbocycles. The summed E-state index contributed by atoms with van der Waals surface area (Å²) in [5.74, 6) is -1.14. The second kappa shape index (κ2) is 6.07. The highest BCUT2D eigenvalue weighted by Crippen LogP contribution is 2.27. The van der Waals surface area contributed by atoms with Crippen molar-refractivity contribution in [2.75, 3.05) is 0 Å². The molecule has 0 spiro atoms. The summed E-state index contributed by atoms with van der Waals surface area (Å²) in [5.41, 5.74) is 2.96. The zero-order chi connectivity index (χ0) is 15.7. The van der Waals surface area contributed by atoms with Crippen molar-refractivity contribution in [1.29, 1.82) is 0 Å². The molecule has 0 fully saturated rings. The van der Waals surface area contributed by atoms with Gasteiger partial charge in [0.1, 0.15) is 11.9 Å². The Hall–Kier alpha value is -1.91. The van der Waals surface area contributed by atoms with E-state index in [9.17, 15) is 14.3 Å². The average molecular weight is 320 g/mol. The Kier molecular flexibility index (Phi) is 4.14. The van der Waals surface area contributed by atoms with Crippen LogP contribution >= 0.6 is 11.6 Å². The van der Waals surface area contributed by atoms with Crippen molar-refractivity contribution in [2.45, 2.75) is 25.6 Å². The summed E-state index contributed by atoms with van der Waals surface area (Å²) in [4.78, 5) is 13.4. The fourth-order valence-electron chi connectivity index (χ4n) is 2.84. The third kappa shape index (κ3) is 3.13. The van der Waals surface area contributed by atoms with E-state index >= 15 is 0 Å². The molecule has 0 aromatic heterocycles. The highest BCUT2D eigenvalue weighted by atomic mass is 35.5.